The summed E-state index contributed by atoms with van der Waals surface area (Å²) in [7, 11) is 1.71. The summed E-state index contributed by atoms with van der Waals surface area (Å²) in [6, 6.07) is 6.24. The SMILES string of the molecule is COC(C)(CN)c1c(C)cccc1C. The number of rotatable bonds is 3. The Morgan fingerprint density at radius 3 is 2.14 bits per heavy atom. The van der Waals surface area contributed by atoms with Crippen molar-refractivity contribution in [1.82, 2.24) is 0 Å². The second-order valence-electron chi connectivity index (χ2n) is 3.91. The Bertz CT molecular complexity index is 296. The molecule has 1 rings (SSSR count). The molecule has 0 aliphatic heterocycles. The Morgan fingerprint density at radius 2 is 1.79 bits per heavy atom. The van der Waals surface area contributed by atoms with Crippen molar-refractivity contribution in [3.8, 4) is 0 Å². The van der Waals surface area contributed by atoms with E-state index in [4.69, 9.17) is 10.5 Å². The summed E-state index contributed by atoms with van der Waals surface area (Å²) in [5.74, 6) is 0. The second kappa shape index (κ2) is 4.11. The van der Waals surface area contributed by atoms with Gasteiger partial charge >= 0.3 is 0 Å². The van der Waals surface area contributed by atoms with Gasteiger partial charge in [0.05, 0.1) is 0 Å². The molecule has 0 amide bonds. The van der Waals surface area contributed by atoms with Crippen molar-refractivity contribution in [3.63, 3.8) is 0 Å². The zero-order chi connectivity index (χ0) is 10.8. The maximum Gasteiger partial charge on any atom is 0.103 e. The number of benzene rings is 1. The fourth-order valence-corrected chi connectivity index (χ4v) is 1.94. The van der Waals surface area contributed by atoms with Crippen LogP contribution in [0.1, 0.15) is 23.6 Å². The third-order valence-electron chi connectivity index (χ3n) is 2.85. The van der Waals surface area contributed by atoms with Crippen molar-refractivity contribution >= 4 is 0 Å². The molecule has 0 aliphatic carbocycles. The van der Waals surface area contributed by atoms with Crippen molar-refractivity contribution in [1.29, 1.82) is 0 Å². The molecule has 0 aromatic heterocycles. The largest absolute Gasteiger partial charge is 0.372 e. The minimum absolute atomic E-state index is 0.366. The van der Waals surface area contributed by atoms with Crippen LogP contribution in [0, 0.1) is 13.8 Å². The molecule has 2 heteroatoms. The summed E-state index contributed by atoms with van der Waals surface area (Å²) >= 11 is 0. The first kappa shape index (κ1) is 11.2. The topological polar surface area (TPSA) is 35.2 Å². The molecule has 1 aromatic rings. The number of hydrogen-bond acceptors (Lipinski definition) is 2. The molecule has 0 heterocycles. The molecule has 2 nitrogen and oxygen atoms in total. The van der Waals surface area contributed by atoms with E-state index in [0.29, 0.717) is 6.54 Å². The number of hydrogen-bond donors (Lipinski definition) is 1. The van der Waals surface area contributed by atoms with Crippen LogP contribution in [0.5, 0.6) is 0 Å². The highest BCUT2D eigenvalue weighted by Gasteiger charge is 2.27. The van der Waals surface area contributed by atoms with Crippen LogP contribution in [-0.2, 0) is 10.3 Å². The van der Waals surface area contributed by atoms with Crippen molar-refractivity contribution < 1.29 is 4.74 Å². The van der Waals surface area contributed by atoms with Crippen LogP contribution < -0.4 is 5.73 Å². The second-order valence-corrected chi connectivity index (χ2v) is 3.91. The lowest BCUT2D eigenvalue weighted by Gasteiger charge is -2.30. The Morgan fingerprint density at radius 1 is 1.29 bits per heavy atom. The Balaban J connectivity index is 3.29. The number of nitrogens with two attached hydrogens (primary N) is 1. The molecule has 0 spiro atoms. The van der Waals surface area contributed by atoms with E-state index in [1.807, 2.05) is 6.92 Å². The molecule has 0 aliphatic rings. The first-order valence-corrected chi connectivity index (χ1v) is 4.87. The fraction of sp³-hybridized carbons (Fsp3) is 0.500. The molecule has 0 radical (unpaired) electrons. The van der Waals surface area contributed by atoms with Gasteiger partial charge in [0.1, 0.15) is 5.60 Å². The van der Waals surface area contributed by atoms with Crippen molar-refractivity contribution in [2.45, 2.75) is 26.4 Å². The quantitative estimate of drug-likeness (QED) is 0.798. The highest BCUT2D eigenvalue weighted by Crippen LogP contribution is 2.29. The molecule has 1 unspecified atom stereocenters. The summed E-state index contributed by atoms with van der Waals surface area (Å²) in [6.07, 6.45) is 0. The Kier molecular flexibility index (Phi) is 3.29. The van der Waals surface area contributed by atoms with Gasteiger partial charge < -0.3 is 10.5 Å². The number of ether oxygens (including phenoxy) is 1. The maximum atomic E-state index is 5.76. The van der Waals surface area contributed by atoms with Crippen molar-refractivity contribution in [2.75, 3.05) is 13.7 Å². The molecular formula is C12H19NO. The van der Waals surface area contributed by atoms with E-state index in [-0.39, 0.29) is 5.60 Å². The predicted molar refractivity (Wildman–Crippen MR) is 59.3 cm³/mol. The highest BCUT2D eigenvalue weighted by molar-refractivity contribution is 5.38. The van der Waals surface area contributed by atoms with Gasteiger partial charge in [0.25, 0.3) is 0 Å². The third-order valence-corrected chi connectivity index (χ3v) is 2.85. The first-order chi connectivity index (χ1) is 6.55. The van der Waals surface area contributed by atoms with E-state index < -0.39 is 0 Å². The summed E-state index contributed by atoms with van der Waals surface area (Å²) in [5.41, 5.74) is 9.08. The summed E-state index contributed by atoms with van der Waals surface area (Å²) < 4.78 is 5.51. The van der Waals surface area contributed by atoms with Crippen molar-refractivity contribution in [2.24, 2.45) is 5.73 Å². The van der Waals surface area contributed by atoms with Gasteiger partial charge in [-0.15, -0.1) is 0 Å². The average Bonchev–Trinajstić information content (AvgIpc) is 2.17. The first-order valence-electron chi connectivity index (χ1n) is 4.87. The molecule has 0 bridgehead atoms. The molecule has 0 fully saturated rings. The van der Waals surface area contributed by atoms with Gasteiger partial charge in [-0.2, -0.15) is 0 Å². The fourth-order valence-electron chi connectivity index (χ4n) is 1.94. The number of methoxy groups -OCH3 is 1. The summed E-state index contributed by atoms with van der Waals surface area (Å²) in [5, 5.41) is 0. The average molecular weight is 193 g/mol. The molecule has 2 N–H and O–H groups in total. The van der Waals surface area contributed by atoms with Crippen molar-refractivity contribution in [3.05, 3.63) is 34.9 Å². The van der Waals surface area contributed by atoms with E-state index >= 15 is 0 Å². The van der Waals surface area contributed by atoms with Crippen LogP contribution in [0.4, 0.5) is 0 Å². The zero-order valence-electron chi connectivity index (χ0n) is 9.42. The van der Waals surface area contributed by atoms with Crippen LogP contribution in [0.3, 0.4) is 0 Å². The van der Waals surface area contributed by atoms with Gasteiger partial charge in [-0.3, -0.25) is 0 Å². The zero-order valence-corrected chi connectivity index (χ0v) is 9.42. The predicted octanol–water partition coefficient (Wildman–Crippen LogP) is 2.12. The minimum atomic E-state index is -0.366. The minimum Gasteiger partial charge on any atom is -0.372 e. The maximum absolute atomic E-state index is 5.76. The van der Waals surface area contributed by atoms with Gasteiger partial charge in [-0.25, -0.2) is 0 Å². The summed E-state index contributed by atoms with van der Waals surface area (Å²) in [4.78, 5) is 0. The Hall–Kier alpha value is -0.860. The van der Waals surface area contributed by atoms with E-state index in [1.165, 1.54) is 16.7 Å². The molecule has 1 aromatic carbocycles. The van der Waals surface area contributed by atoms with Crippen LogP contribution >= 0.6 is 0 Å². The van der Waals surface area contributed by atoms with Gasteiger partial charge in [0.2, 0.25) is 0 Å². The lowest BCUT2D eigenvalue weighted by atomic mass is 9.88. The molecule has 78 valence electrons. The van der Waals surface area contributed by atoms with E-state index in [9.17, 15) is 0 Å². The molecule has 14 heavy (non-hydrogen) atoms. The Labute approximate surface area is 86.1 Å². The summed E-state index contributed by atoms with van der Waals surface area (Å²) in [6.45, 7) is 6.71. The van der Waals surface area contributed by atoms with Crippen LogP contribution in [-0.4, -0.2) is 13.7 Å². The van der Waals surface area contributed by atoms with Crippen LogP contribution in [0.15, 0.2) is 18.2 Å². The monoisotopic (exact) mass is 193 g/mol. The smallest absolute Gasteiger partial charge is 0.103 e. The van der Waals surface area contributed by atoms with Crippen LogP contribution in [0.25, 0.3) is 0 Å². The van der Waals surface area contributed by atoms with Gasteiger partial charge in [0.15, 0.2) is 0 Å². The standard InChI is InChI=1S/C12H19NO/c1-9-6-5-7-10(2)11(9)12(3,8-13)14-4/h5-7H,8,13H2,1-4H3. The van der Waals surface area contributed by atoms with Gasteiger partial charge in [-0.1, -0.05) is 18.2 Å². The normalized spacial score (nSPS) is 15.2. The third kappa shape index (κ3) is 1.81. The molecule has 1 atom stereocenters. The molecular weight excluding hydrogens is 174 g/mol. The van der Waals surface area contributed by atoms with E-state index in [0.717, 1.165) is 0 Å². The number of aryl methyl sites for hydroxylation is 2. The van der Waals surface area contributed by atoms with Gasteiger partial charge in [-0.05, 0) is 37.5 Å². The lowest BCUT2D eigenvalue weighted by Crippen LogP contribution is -2.35. The van der Waals surface area contributed by atoms with E-state index in [2.05, 4.69) is 32.0 Å². The highest BCUT2D eigenvalue weighted by atomic mass is 16.5. The molecule has 0 saturated carbocycles. The molecule has 0 saturated heterocycles. The van der Waals surface area contributed by atoms with E-state index in [1.54, 1.807) is 7.11 Å². The lowest BCUT2D eigenvalue weighted by molar-refractivity contribution is 0.00905. The van der Waals surface area contributed by atoms with Crippen LogP contribution in [0.2, 0.25) is 0 Å². The van der Waals surface area contributed by atoms with Gasteiger partial charge in [0, 0.05) is 13.7 Å².